The summed E-state index contributed by atoms with van der Waals surface area (Å²) in [7, 11) is 0. The molecule has 19 heavy (non-hydrogen) atoms. The summed E-state index contributed by atoms with van der Waals surface area (Å²) in [6.45, 7) is 8.49. The van der Waals surface area contributed by atoms with Crippen LogP contribution in [-0.2, 0) is 17.7 Å². The molecule has 104 valence electrons. The van der Waals surface area contributed by atoms with Crippen LogP contribution in [0.15, 0.2) is 18.2 Å². The van der Waals surface area contributed by atoms with Crippen molar-refractivity contribution in [2.75, 3.05) is 25.0 Å². The molecular formula is C16H24N2O. The molecule has 2 heterocycles. The summed E-state index contributed by atoms with van der Waals surface area (Å²) in [5, 5.41) is 3.52. The lowest BCUT2D eigenvalue weighted by atomic mass is 9.97. The van der Waals surface area contributed by atoms with Gasteiger partial charge in [-0.3, -0.25) is 4.90 Å². The standard InChI is InChI=1S/C16H24N2O/c1-12-11-19-13(2)9-18(12)10-14-5-3-7-16-15(14)6-4-8-17-16/h3,5,7,12-13,17H,4,6,8-11H2,1-2H3. The van der Waals surface area contributed by atoms with Crippen molar-refractivity contribution in [1.82, 2.24) is 4.90 Å². The Labute approximate surface area is 115 Å². The molecule has 3 heteroatoms. The Morgan fingerprint density at radius 1 is 1.37 bits per heavy atom. The lowest BCUT2D eigenvalue weighted by Crippen LogP contribution is -2.46. The van der Waals surface area contributed by atoms with E-state index in [0.717, 1.165) is 26.2 Å². The van der Waals surface area contributed by atoms with E-state index in [1.165, 1.54) is 29.7 Å². The molecule has 2 aliphatic rings. The number of nitrogens with zero attached hydrogens (tertiary/aromatic N) is 1. The Hall–Kier alpha value is -1.06. The van der Waals surface area contributed by atoms with Crippen LogP contribution in [0.5, 0.6) is 0 Å². The van der Waals surface area contributed by atoms with Gasteiger partial charge in [0.1, 0.15) is 0 Å². The van der Waals surface area contributed by atoms with E-state index in [0.29, 0.717) is 12.1 Å². The average molecular weight is 260 g/mol. The first-order valence-electron chi connectivity index (χ1n) is 7.44. The van der Waals surface area contributed by atoms with Crippen LogP contribution in [0.25, 0.3) is 0 Å². The number of benzene rings is 1. The summed E-state index contributed by atoms with van der Waals surface area (Å²) in [6, 6.07) is 7.20. The van der Waals surface area contributed by atoms with Gasteiger partial charge >= 0.3 is 0 Å². The van der Waals surface area contributed by atoms with Crippen LogP contribution in [0.2, 0.25) is 0 Å². The summed E-state index contributed by atoms with van der Waals surface area (Å²) in [5.74, 6) is 0. The molecule has 0 aliphatic carbocycles. The van der Waals surface area contributed by atoms with Gasteiger partial charge < -0.3 is 10.1 Å². The molecule has 1 aromatic rings. The van der Waals surface area contributed by atoms with Crippen LogP contribution in [-0.4, -0.2) is 36.7 Å². The van der Waals surface area contributed by atoms with Crippen LogP contribution in [0, 0.1) is 0 Å². The number of ether oxygens (including phenoxy) is 1. The fourth-order valence-corrected chi connectivity index (χ4v) is 3.14. The van der Waals surface area contributed by atoms with E-state index in [4.69, 9.17) is 4.74 Å². The van der Waals surface area contributed by atoms with Gasteiger partial charge in [0, 0.05) is 31.4 Å². The maximum Gasteiger partial charge on any atom is 0.0674 e. The number of nitrogens with one attached hydrogen (secondary N) is 1. The zero-order valence-electron chi connectivity index (χ0n) is 12.0. The van der Waals surface area contributed by atoms with Gasteiger partial charge in [-0.25, -0.2) is 0 Å². The summed E-state index contributed by atoms with van der Waals surface area (Å²) in [4.78, 5) is 2.55. The van der Waals surface area contributed by atoms with Crippen molar-refractivity contribution in [2.45, 2.75) is 45.4 Å². The molecule has 0 spiro atoms. The van der Waals surface area contributed by atoms with Gasteiger partial charge in [0.2, 0.25) is 0 Å². The topological polar surface area (TPSA) is 24.5 Å². The van der Waals surface area contributed by atoms with Crippen molar-refractivity contribution in [1.29, 1.82) is 0 Å². The zero-order chi connectivity index (χ0) is 13.2. The third-order valence-corrected chi connectivity index (χ3v) is 4.30. The Morgan fingerprint density at radius 2 is 2.26 bits per heavy atom. The van der Waals surface area contributed by atoms with Gasteiger partial charge in [-0.1, -0.05) is 12.1 Å². The number of anilines is 1. The van der Waals surface area contributed by atoms with E-state index in [2.05, 4.69) is 42.3 Å². The predicted octanol–water partition coefficient (Wildman–Crippen LogP) is 2.65. The van der Waals surface area contributed by atoms with Gasteiger partial charge in [0.05, 0.1) is 12.7 Å². The minimum absolute atomic E-state index is 0.355. The van der Waals surface area contributed by atoms with E-state index >= 15 is 0 Å². The Morgan fingerprint density at radius 3 is 3.16 bits per heavy atom. The van der Waals surface area contributed by atoms with Crippen molar-refractivity contribution in [3.8, 4) is 0 Å². The zero-order valence-corrected chi connectivity index (χ0v) is 12.0. The molecular weight excluding hydrogens is 236 g/mol. The van der Waals surface area contributed by atoms with Crippen molar-refractivity contribution in [2.24, 2.45) is 0 Å². The lowest BCUT2D eigenvalue weighted by molar-refractivity contribution is -0.0527. The Balaban J connectivity index is 1.79. The molecule has 0 amide bonds. The summed E-state index contributed by atoms with van der Waals surface area (Å²) in [6.07, 6.45) is 2.82. The molecule has 3 nitrogen and oxygen atoms in total. The molecule has 2 atom stereocenters. The molecule has 2 unspecified atom stereocenters. The maximum absolute atomic E-state index is 5.72. The Kier molecular flexibility index (Phi) is 3.76. The van der Waals surface area contributed by atoms with Crippen molar-refractivity contribution in [3.63, 3.8) is 0 Å². The minimum atomic E-state index is 0.355. The van der Waals surface area contributed by atoms with E-state index in [9.17, 15) is 0 Å². The van der Waals surface area contributed by atoms with Crippen LogP contribution in [0.3, 0.4) is 0 Å². The first-order chi connectivity index (χ1) is 9.24. The van der Waals surface area contributed by atoms with E-state index < -0.39 is 0 Å². The van der Waals surface area contributed by atoms with Gasteiger partial charge in [-0.05, 0) is 43.9 Å². The normalized spacial score (nSPS) is 27.7. The SMILES string of the molecule is CC1CN(Cc2cccc3c2CCCN3)C(C)CO1. The smallest absolute Gasteiger partial charge is 0.0674 e. The monoisotopic (exact) mass is 260 g/mol. The van der Waals surface area contributed by atoms with Crippen molar-refractivity contribution in [3.05, 3.63) is 29.3 Å². The van der Waals surface area contributed by atoms with Gasteiger partial charge in [0.15, 0.2) is 0 Å². The fraction of sp³-hybridized carbons (Fsp3) is 0.625. The second kappa shape index (κ2) is 5.51. The average Bonchev–Trinajstić information content (AvgIpc) is 2.43. The van der Waals surface area contributed by atoms with Crippen LogP contribution >= 0.6 is 0 Å². The number of hydrogen-bond donors (Lipinski definition) is 1. The van der Waals surface area contributed by atoms with E-state index in [1.54, 1.807) is 0 Å². The molecule has 1 saturated heterocycles. The summed E-state index contributed by atoms with van der Waals surface area (Å²) >= 11 is 0. The van der Waals surface area contributed by atoms with Crippen LogP contribution in [0.4, 0.5) is 5.69 Å². The largest absolute Gasteiger partial charge is 0.385 e. The molecule has 0 bridgehead atoms. The van der Waals surface area contributed by atoms with Crippen LogP contribution in [0.1, 0.15) is 31.4 Å². The Bertz CT molecular complexity index is 446. The van der Waals surface area contributed by atoms with E-state index in [1.807, 2.05) is 0 Å². The van der Waals surface area contributed by atoms with Crippen molar-refractivity contribution >= 4 is 5.69 Å². The number of morpholine rings is 1. The molecule has 1 aromatic carbocycles. The summed E-state index contributed by atoms with van der Waals surface area (Å²) in [5.41, 5.74) is 4.36. The second-order valence-corrected chi connectivity index (χ2v) is 5.90. The molecule has 0 aromatic heterocycles. The number of hydrogen-bond acceptors (Lipinski definition) is 3. The van der Waals surface area contributed by atoms with Gasteiger partial charge in [-0.15, -0.1) is 0 Å². The minimum Gasteiger partial charge on any atom is -0.385 e. The maximum atomic E-state index is 5.72. The first kappa shape index (κ1) is 12.9. The second-order valence-electron chi connectivity index (χ2n) is 5.90. The third-order valence-electron chi connectivity index (χ3n) is 4.30. The molecule has 3 rings (SSSR count). The highest BCUT2D eigenvalue weighted by molar-refractivity contribution is 5.56. The number of rotatable bonds is 2. The number of fused-ring (bicyclic) bond motifs is 1. The van der Waals surface area contributed by atoms with Gasteiger partial charge in [-0.2, -0.15) is 0 Å². The molecule has 1 fully saturated rings. The van der Waals surface area contributed by atoms with E-state index in [-0.39, 0.29) is 0 Å². The first-order valence-corrected chi connectivity index (χ1v) is 7.44. The van der Waals surface area contributed by atoms with Gasteiger partial charge in [0.25, 0.3) is 0 Å². The fourth-order valence-electron chi connectivity index (χ4n) is 3.14. The molecule has 0 saturated carbocycles. The predicted molar refractivity (Wildman–Crippen MR) is 78.5 cm³/mol. The summed E-state index contributed by atoms with van der Waals surface area (Å²) < 4.78 is 5.72. The highest BCUT2D eigenvalue weighted by Gasteiger charge is 2.24. The lowest BCUT2D eigenvalue weighted by Gasteiger charge is -2.37. The molecule has 1 N–H and O–H groups in total. The van der Waals surface area contributed by atoms with Crippen LogP contribution < -0.4 is 5.32 Å². The molecule has 0 radical (unpaired) electrons. The quantitative estimate of drug-likeness (QED) is 0.884. The molecule has 2 aliphatic heterocycles. The van der Waals surface area contributed by atoms with Crippen molar-refractivity contribution < 1.29 is 4.74 Å². The third kappa shape index (κ3) is 2.77. The highest BCUT2D eigenvalue weighted by atomic mass is 16.5. The highest BCUT2D eigenvalue weighted by Crippen LogP contribution is 2.27.